The first kappa shape index (κ1) is 47.6. The standard InChI is InChI=1S/C41H66N2O13/c1-43(2)12-14-46-16-18-48-20-22-50-24-26-52-28-30-54-32-34-55-33-31-53-29-27-51-25-23-49-21-19-47-17-15-45-13-11-42-41(44)56-35-40-38-9-5-3-7-36(38)37-8-4-6-10-39(37)40/h3-10,40H,11-35H2,1-2H3,(H,42,44). The molecule has 0 heterocycles. The van der Waals surface area contributed by atoms with Crippen LogP contribution in [0.5, 0.6) is 0 Å². The molecule has 3 rings (SSSR count). The van der Waals surface area contributed by atoms with Crippen LogP contribution in [0.2, 0.25) is 0 Å². The van der Waals surface area contributed by atoms with Crippen molar-refractivity contribution < 1.29 is 61.6 Å². The fraction of sp³-hybridized carbons (Fsp3) is 0.683. The second-order valence-corrected chi connectivity index (χ2v) is 12.8. The van der Waals surface area contributed by atoms with Gasteiger partial charge in [-0.2, -0.15) is 0 Å². The van der Waals surface area contributed by atoms with E-state index in [0.29, 0.717) is 152 Å². The Balaban J connectivity index is 0.938. The lowest BCUT2D eigenvalue weighted by Gasteiger charge is -2.14. The summed E-state index contributed by atoms with van der Waals surface area (Å²) in [6, 6.07) is 16.5. The predicted octanol–water partition coefficient (Wildman–Crippen LogP) is 3.27. The molecule has 2 aromatic rings. The van der Waals surface area contributed by atoms with Crippen LogP contribution in [0.3, 0.4) is 0 Å². The van der Waals surface area contributed by atoms with Crippen molar-refractivity contribution in [2.75, 3.05) is 179 Å². The lowest BCUT2D eigenvalue weighted by Crippen LogP contribution is -2.29. The summed E-state index contributed by atoms with van der Waals surface area (Å²) in [5, 5.41) is 2.74. The minimum atomic E-state index is -0.452. The van der Waals surface area contributed by atoms with Gasteiger partial charge in [0.15, 0.2) is 0 Å². The van der Waals surface area contributed by atoms with Crippen molar-refractivity contribution in [2.45, 2.75) is 5.92 Å². The van der Waals surface area contributed by atoms with Gasteiger partial charge in [0.25, 0.3) is 0 Å². The predicted molar refractivity (Wildman–Crippen MR) is 211 cm³/mol. The molecule has 0 aliphatic heterocycles. The molecule has 0 bridgehead atoms. The highest BCUT2D eigenvalue weighted by Gasteiger charge is 2.28. The third-order valence-corrected chi connectivity index (χ3v) is 8.26. The van der Waals surface area contributed by atoms with Gasteiger partial charge < -0.3 is 67.1 Å². The Hall–Kier alpha value is -2.77. The minimum Gasteiger partial charge on any atom is -0.449 e. The Labute approximate surface area is 333 Å². The Bertz CT molecular complexity index is 1200. The van der Waals surface area contributed by atoms with Crippen LogP contribution in [0.1, 0.15) is 17.0 Å². The van der Waals surface area contributed by atoms with E-state index in [-0.39, 0.29) is 12.5 Å². The summed E-state index contributed by atoms with van der Waals surface area (Å²) in [6.45, 7) is 12.7. The van der Waals surface area contributed by atoms with E-state index >= 15 is 0 Å². The molecule has 1 amide bonds. The van der Waals surface area contributed by atoms with Gasteiger partial charge in [-0.1, -0.05) is 48.5 Å². The van der Waals surface area contributed by atoms with E-state index in [1.807, 2.05) is 38.4 Å². The molecule has 0 aromatic heterocycles. The summed E-state index contributed by atoms with van der Waals surface area (Å²) in [6.07, 6.45) is -0.452. The number of hydrogen-bond donors (Lipinski definition) is 1. The molecule has 1 N–H and O–H groups in total. The highest BCUT2D eigenvalue weighted by Crippen LogP contribution is 2.44. The average Bonchev–Trinajstić information content (AvgIpc) is 3.53. The first-order chi connectivity index (χ1) is 27.7. The van der Waals surface area contributed by atoms with Crippen LogP contribution in [-0.4, -0.2) is 190 Å². The molecule has 318 valence electrons. The number of nitrogens with zero attached hydrogens (tertiary/aromatic N) is 1. The number of alkyl carbamates (subject to hydrolysis) is 1. The Kier molecular flexibility index (Phi) is 28.2. The van der Waals surface area contributed by atoms with Gasteiger partial charge >= 0.3 is 6.09 Å². The van der Waals surface area contributed by atoms with Gasteiger partial charge in [0.2, 0.25) is 0 Å². The van der Waals surface area contributed by atoms with Gasteiger partial charge in [0, 0.05) is 19.0 Å². The molecule has 0 saturated heterocycles. The van der Waals surface area contributed by atoms with E-state index < -0.39 is 6.09 Å². The molecule has 0 spiro atoms. The molecule has 0 radical (unpaired) electrons. The van der Waals surface area contributed by atoms with E-state index in [1.165, 1.54) is 22.3 Å². The van der Waals surface area contributed by atoms with Crippen LogP contribution in [0.25, 0.3) is 11.1 Å². The Morgan fingerprint density at radius 2 is 0.768 bits per heavy atom. The number of nitrogens with one attached hydrogen (secondary N) is 1. The number of benzene rings is 2. The van der Waals surface area contributed by atoms with Gasteiger partial charge in [0.1, 0.15) is 6.61 Å². The summed E-state index contributed by atoms with van der Waals surface area (Å²) >= 11 is 0. The van der Waals surface area contributed by atoms with Crippen molar-refractivity contribution in [3.05, 3.63) is 59.7 Å². The van der Waals surface area contributed by atoms with E-state index in [0.717, 1.165) is 6.54 Å². The average molecular weight is 795 g/mol. The molecule has 0 atom stereocenters. The topological polar surface area (TPSA) is 143 Å². The van der Waals surface area contributed by atoms with Gasteiger partial charge in [0.05, 0.1) is 145 Å². The normalized spacial score (nSPS) is 12.3. The number of ether oxygens (including phenoxy) is 12. The summed E-state index contributed by atoms with van der Waals surface area (Å²) < 4.78 is 66.0. The van der Waals surface area contributed by atoms with Gasteiger partial charge in [-0.15, -0.1) is 0 Å². The van der Waals surface area contributed by atoms with Crippen LogP contribution >= 0.6 is 0 Å². The summed E-state index contributed by atoms with van der Waals surface area (Å²) in [4.78, 5) is 14.3. The SMILES string of the molecule is CN(C)CCOCCOCCOCCOCCOCCOCCOCCOCCOCCOCCOCCNC(=O)OCC1c2ccccc2-c2ccccc21. The number of carbonyl (C=O) groups is 1. The molecule has 15 heteroatoms. The maximum atomic E-state index is 12.2. The molecular formula is C41H66N2O13. The number of hydrogen-bond acceptors (Lipinski definition) is 14. The third kappa shape index (κ3) is 22.8. The van der Waals surface area contributed by atoms with Crippen LogP contribution in [0.4, 0.5) is 4.79 Å². The smallest absolute Gasteiger partial charge is 0.407 e. The number of carbonyl (C=O) groups excluding carboxylic acids is 1. The van der Waals surface area contributed by atoms with Crippen molar-refractivity contribution in [3.63, 3.8) is 0 Å². The van der Waals surface area contributed by atoms with Gasteiger partial charge in [-0.25, -0.2) is 4.79 Å². The van der Waals surface area contributed by atoms with E-state index in [2.05, 4.69) is 34.5 Å². The van der Waals surface area contributed by atoms with Crippen molar-refractivity contribution in [3.8, 4) is 11.1 Å². The zero-order valence-corrected chi connectivity index (χ0v) is 33.6. The monoisotopic (exact) mass is 794 g/mol. The fourth-order valence-electron chi connectivity index (χ4n) is 5.42. The highest BCUT2D eigenvalue weighted by molar-refractivity contribution is 5.79. The third-order valence-electron chi connectivity index (χ3n) is 8.26. The van der Waals surface area contributed by atoms with Crippen LogP contribution < -0.4 is 5.32 Å². The molecule has 0 saturated carbocycles. The second kappa shape index (κ2) is 33.2. The largest absolute Gasteiger partial charge is 0.449 e. The summed E-state index contributed by atoms with van der Waals surface area (Å²) in [5.41, 5.74) is 4.77. The minimum absolute atomic E-state index is 0.0366. The van der Waals surface area contributed by atoms with Crippen molar-refractivity contribution in [1.82, 2.24) is 10.2 Å². The van der Waals surface area contributed by atoms with Crippen molar-refractivity contribution in [1.29, 1.82) is 0 Å². The van der Waals surface area contributed by atoms with E-state index in [1.54, 1.807) is 0 Å². The Morgan fingerprint density at radius 3 is 1.11 bits per heavy atom. The maximum Gasteiger partial charge on any atom is 0.407 e. The zero-order valence-electron chi connectivity index (χ0n) is 33.6. The maximum absolute atomic E-state index is 12.2. The highest BCUT2D eigenvalue weighted by atomic mass is 16.6. The number of likely N-dealkylation sites (N-methyl/N-ethyl adjacent to an activating group) is 1. The quantitative estimate of drug-likeness (QED) is 0.0994. The molecule has 0 fully saturated rings. The van der Waals surface area contributed by atoms with Crippen molar-refractivity contribution >= 4 is 6.09 Å². The molecule has 1 aliphatic carbocycles. The fourth-order valence-corrected chi connectivity index (χ4v) is 5.42. The molecule has 56 heavy (non-hydrogen) atoms. The molecular weight excluding hydrogens is 728 g/mol. The molecule has 1 aliphatic rings. The molecule has 15 nitrogen and oxygen atoms in total. The van der Waals surface area contributed by atoms with Gasteiger partial charge in [-0.05, 0) is 36.3 Å². The zero-order chi connectivity index (χ0) is 39.6. The lowest BCUT2D eigenvalue weighted by molar-refractivity contribution is -0.0275. The van der Waals surface area contributed by atoms with Crippen LogP contribution in [0.15, 0.2) is 48.5 Å². The van der Waals surface area contributed by atoms with E-state index in [9.17, 15) is 4.79 Å². The Morgan fingerprint density at radius 1 is 0.464 bits per heavy atom. The van der Waals surface area contributed by atoms with Crippen molar-refractivity contribution in [2.24, 2.45) is 0 Å². The second-order valence-electron chi connectivity index (χ2n) is 12.8. The van der Waals surface area contributed by atoms with Crippen LogP contribution in [0, 0.1) is 0 Å². The van der Waals surface area contributed by atoms with E-state index in [4.69, 9.17) is 56.8 Å². The first-order valence-corrected chi connectivity index (χ1v) is 19.8. The van der Waals surface area contributed by atoms with Gasteiger partial charge in [-0.3, -0.25) is 0 Å². The summed E-state index contributed by atoms with van der Waals surface area (Å²) in [5.74, 6) is 0.0366. The summed E-state index contributed by atoms with van der Waals surface area (Å²) in [7, 11) is 4.04. The lowest BCUT2D eigenvalue weighted by atomic mass is 9.98. The molecule has 2 aromatic carbocycles. The molecule has 0 unspecified atom stereocenters. The number of fused-ring (bicyclic) bond motifs is 3. The first-order valence-electron chi connectivity index (χ1n) is 19.8. The van der Waals surface area contributed by atoms with Crippen LogP contribution in [-0.2, 0) is 56.8 Å². The number of rotatable bonds is 38. The number of amides is 1.